The lowest BCUT2D eigenvalue weighted by Gasteiger charge is -2.61. The average molecular weight is 314 g/mol. The molecule has 7 heteroatoms. The molecule has 4 rings (SSSR count). The molecule has 23 heavy (non-hydrogen) atoms. The van der Waals surface area contributed by atoms with E-state index in [0.717, 1.165) is 37.7 Å². The summed E-state index contributed by atoms with van der Waals surface area (Å²) in [6.07, 6.45) is 4.11. The van der Waals surface area contributed by atoms with Crippen molar-refractivity contribution in [2.45, 2.75) is 6.92 Å². The smallest absolute Gasteiger partial charge is 0.228 e. The molecule has 0 saturated carbocycles. The van der Waals surface area contributed by atoms with Gasteiger partial charge >= 0.3 is 0 Å². The lowest BCUT2D eigenvalue weighted by Crippen LogP contribution is -2.72. The molecule has 2 aromatic heterocycles. The molecule has 0 bridgehead atoms. The second kappa shape index (κ2) is 5.42. The zero-order valence-electron chi connectivity index (χ0n) is 13.0. The molecule has 0 amide bonds. The standard InChI is InChI=1S/C16H19FN6/c1-2-22-8-16(9-22)10-23(11-16)13-3-4-14(18-7-13)21-15-19-5-12(17)6-20-15/h3-7H,2,8-11H2,1H3,(H,18,19,20,21). The molecule has 0 aromatic carbocycles. The Kier molecular flexibility index (Phi) is 3.37. The number of hydrogen-bond acceptors (Lipinski definition) is 6. The molecule has 1 spiro atoms. The van der Waals surface area contributed by atoms with Crippen LogP contribution in [0.15, 0.2) is 30.7 Å². The number of nitrogens with zero attached hydrogens (tertiary/aromatic N) is 5. The first kappa shape index (κ1) is 14.3. The molecule has 0 atom stereocenters. The third-order valence-corrected chi connectivity index (χ3v) is 4.59. The van der Waals surface area contributed by atoms with Crippen LogP contribution in [0, 0.1) is 11.2 Å². The van der Waals surface area contributed by atoms with Crippen LogP contribution in [-0.2, 0) is 0 Å². The lowest BCUT2D eigenvalue weighted by molar-refractivity contribution is -0.0178. The van der Waals surface area contributed by atoms with Crippen LogP contribution < -0.4 is 10.2 Å². The normalized spacial score (nSPS) is 19.3. The van der Waals surface area contributed by atoms with E-state index in [1.807, 2.05) is 18.3 Å². The molecule has 2 saturated heterocycles. The highest BCUT2D eigenvalue weighted by Gasteiger charge is 2.51. The van der Waals surface area contributed by atoms with Crippen LogP contribution in [0.5, 0.6) is 0 Å². The summed E-state index contributed by atoms with van der Waals surface area (Å²) in [4.78, 5) is 16.9. The van der Waals surface area contributed by atoms with Crippen LogP contribution in [0.2, 0.25) is 0 Å². The van der Waals surface area contributed by atoms with Crippen molar-refractivity contribution in [3.63, 3.8) is 0 Å². The summed E-state index contributed by atoms with van der Waals surface area (Å²) in [5, 5.41) is 2.96. The van der Waals surface area contributed by atoms with E-state index in [-0.39, 0.29) is 0 Å². The lowest BCUT2D eigenvalue weighted by atomic mass is 9.72. The molecule has 0 aliphatic carbocycles. The number of anilines is 3. The maximum atomic E-state index is 12.8. The van der Waals surface area contributed by atoms with Crippen molar-refractivity contribution >= 4 is 17.5 Å². The van der Waals surface area contributed by atoms with E-state index in [2.05, 4.69) is 37.0 Å². The van der Waals surface area contributed by atoms with Gasteiger partial charge in [-0.25, -0.2) is 19.3 Å². The van der Waals surface area contributed by atoms with E-state index < -0.39 is 5.82 Å². The van der Waals surface area contributed by atoms with Gasteiger partial charge in [-0.3, -0.25) is 0 Å². The van der Waals surface area contributed by atoms with Crippen LogP contribution in [-0.4, -0.2) is 52.6 Å². The number of likely N-dealkylation sites (tertiary alicyclic amines) is 1. The maximum Gasteiger partial charge on any atom is 0.228 e. The average Bonchev–Trinajstić information content (AvgIpc) is 2.49. The van der Waals surface area contributed by atoms with Gasteiger partial charge in [0.05, 0.1) is 24.3 Å². The molecule has 120 valence electrons. The van der Waals surface area contributed by atoms with E-state index in [1.54, 1.807) is 0 Å². The van der Waals surface area contributed by atoms with Crippen LogP contribution in [0.25, 0.3) is 0 Å². The van der Waals surface area contributed by atoms with E-state index in [0.29, 0.717) is 17.2 Å². The van der Waals surface area contributed by atoms with E-state index in [9.17, 15) is 4.39 Å². The second-order valence-corrected chi connectivity index (χ2v) is 6.41. The van der Waals surface area contributed by atoms with Crippen molar-refractivity contribution < 1.29 is 4.39 Å². The van der Waals surface area contributed by atoms with E-state index >= 15 is 0 Å². The number of rotatable bonds is 4. The number of halogens is 1. The number of pyridine rings is 1. The molecule has 2 aliphatic heterocycles. The third kappa shape index (κ3) is 2.72. The van der Waals surface area contributed by atoms with Crippen molar-refractivity contribution in [2.75, 3.05) is 42.9 Å². The molecular weight excluding hydrogens is 295 g/mol. The Morgan fingerprint density at radius 1 is 1.09 bits per heavy atom. The maximum absolute atomic E-state index is 12.8. The molecule has 0 radical (unpaired) electrons. The topological polar surface area (TPSA) is 57.2 Å². The van der Waals surface area contributed by atoms with Gasteiger partial charge in [-0.1, -0.05) is 6.92 Å². The first-order chi connectivity index (χ1) is 11.2. The van der Waals surface area contributed by atoms with Crippen LogP contribution in [0.4, 0.5) is 21.8 Å². The minimum Gasteiger partial charge on any atom is -0.369 e. The fourth-order valence-corrected chi connectivity index (χ4v) is 3.41. The summed E-state index contributed by atoms with van der Waals surface area (Å²) in [5.41, 5.74) is 1.64. The van der Waals surface area contributed by atoms with Gasteiger partial charge in [-0.15, -0.1) is 0 Å². The highest BCUT2D eigenvalue weighted by atomic mass is 19.1. The zero-order chi connectivity index (χ0) is 15.9. The Hall–Kier alpha value is -2.28. The monoisotopic (exact) mass is 314 g/mol. The predicted molar refractivity (Wildman–Crippen MR) is 86.3 cm³/mol. The minimum atomic E-state index is -0.455. The number of aromatic nitrogens is 3. The Bertz CT molecular complexity index is 673. The Morgan fingerprint density at radius 3 is 2.43 bits per heavy atom. The van der Waals surface area contributed by atoms with Crippen LogP contribution in [0.3, 0.4) is 0 Å². The van der Waals surface area contributed by atoms with Crippen LogP contribution >= 0.6 is 0 Å². The quantitative estimate of drug-likeness (QED) is 0.930. The molecule has 1 N–H and O–H groups in total. The number of nitrogens with one attached hydrogen (secondary N) is 1. The third-order valence-electron chi connectivity index (χ3n) is 4.59. The van der Waals surface area contributed by atoms with Crippen LogP contribution in [0.1, 0.15) is 6.92 Å². The summed E-state index contributed by atoms with van der Waals surface area (Å²) in [7, 11) is 0. The van der Waals surface area contributed by atoms with Gasteiger partial charge in [0, 0.05) is 31.6 Å². The van der Waals surface area contributed by atoms with Gasteiger partial charge < -0.3 is 15.1 Å². The minimum absolute atomic E-state index is 0.337. The first-order valence-corrected chi connectivity index (χ1v) is 7.84. The van der Waals surface area contributed by atoms with Gasteiger partial charge in [0.1, 0.15) is 5.82 Å². The molecule has 4 heterocycles. The molecule has 2 fully saturated rings. The van der Waals surface area contributed by atoms with Crippen molar-refractivity contribution in [3.05, 3.63) is 36.5 Å². The summed E-state index contributed by atoms with van der Waals surface area (Å²) < 4.78 is 12.8. The summed E-state index contributed by atoms with van der Waals surface area (Å²) in [5.74, 6) is 0.531. The van der Waals surface area contributed by atoms with Gasteiger partial charge in [-0.05, 0) is 18.7 Å². The number of hydrogen-bond donors (Lipinski definition) is 1. The highest BCUT2D eigenvalue weighted by Crippen LogP contribution is 2.41. The Morgan fingerprint density at radius 2 is 1.83 bits per heavy atom. The highest BCUT2D eigenvalue weighted by molar-refractivity contribution is 5.55. The second-order valence-electron chi connectivity index (χ2n) is 6.41. The van der Waals surface area contributed by atoms with E-state index in [4.69, 9.17) is 0 Å². The molecule has 2 aliphatic rings. The van der Waals surface area contributed by atoms with Crippen molar-refractivity contribution in [1.29, 1.82) is 0 Å². The molecule has 0 unspecified atom stereocenters. The van der Waals surface area contributed by atoms with Crippen molar-refractivity contribution in [2.24, 2.45) is 5.41 Å². The largest absolute Gasteiger partial charge is 0.369 e. The summed E-state index contributed by atoms with van der Waals surface area (Å²) in [6, 6.07) is 3.94. The molecule has 6 nitrogen and oxygen atoms in total. The zero-order valence-corrected chi connectivity index (χ0v) is 13.0. The molecular formula is C16H19FN6. The summed E-state index contributed by atoms with van der Waals surface area (Å²) >= 11 is 0. The fourth-order valence-electron chi connectivity index (χ4n) is 3.41. The molecule has 2 aromatic rings. The fraction of sp³-hybridized carbons (Fsp3) is 0.438. The van der Waals surface area contributed by atoms with Gasteiger partial charge in [0.25, 0.3) is 0 Å². The van der Waals surface area contributed by atoms with Crippen molar-refractivity contribution in [1.82, 2.24) is 19.9 Å². The van der Waals surface area contributed by atoms with Gasteiger partial charge in [0.2, 0.25) is 5.95 Å². The Labute approximate surface area is 134 Å². The van der Waals surface area contributed by atoms with Crippen molar-refractivity contribution in [3.8, 4) is 0 Å². The SMILES string of the molecule is CCN1CC2(C1)CN(c1ccc(Nc3ncc(F)cn3)nc1)C2. The van der Waals surface area contributed by atoms with Gasteiger partial charge in [-0.2, -0.15) is 0 Å². The van der Waals surface area contributed by atoms with Gasteiger partial charge in [0.15, 0.2) is 5.82 Å². The van der Waals surface area contributed by atoms with E-state index in [1.165, 1.54) is 13.1 Å². The Balaban J connectivity index is 1.35. The predicted octanol–water partition coefficient (Wildman–Crippen LogP) is 1.90. The first-order valence-electron chi connectivity index (χ1n) is 7.84. The summed E-state index contributed by atoms with van der Waals surface area (Å²) in [6.45, 7) is 8.01.